The fourth-order valence-corrected chi connectivity index (χ4v) is 3.26. The summed E-state index contributed by atoms with van der Waals surface area (Å²) in [6.07, 6.45) is 2.61. The first kappa shape index (κ1) is 19.7. The lowest BCUT2D eigenvalue weighted by Gasteiger charge is -2.35. The van der Waals surface area contributed by atoms with Crippen molar-refractivity contribution in [2.24, 2.45) is 0 Å². The number of hydrogen-bond acceptors (Lipinski definition) is 3. The van der Waals surface area contributed by atoms with Crippen LogP contribution in [0.15, 0.2) is 48.7 Å². The SMILES string of the molecule is CCCNC(=O)Cn1cccc1C(=O)N1CCN(C(=O)c2ccccc2)CC1. The summed E-state index contributed by atoms with van der Waals surface area (Å²) in [6, 6.07) is 12.7. The van der Waals surface area contributed by atoms with Crippen molar-refractivity contribution in [2.45, 2.75) is 19.9 Å². The summed E-state index contributed by atoms with van der Waals surface area (Å²) in [4.78, 5) is 40.9. The van der Waals surface area contributed by atoms with Crippen molar-refractivity contribution < 1.29 is 14.4 Å². The number of benzene rings is 1. The number of nitrogens with one attached hydrogen (secondary N) is 1. The number of amides is 3. The van der Waals surface area contributed by atoms with Gasteiger partial charge in [-0.3, -0.25) is 14.4 Å². The van der Waals surface area contributed by atoms with Crippen LogP contribution in [0.2, 0.25) is 0 Å². The number of carbonyl (C=O) groups is 3. The Morgan fingerprint density at radius 1 is 0.893 bits per heavy atom. The van der Waals surface area contributed by atoms with Crippen molar-refractivity contribution in [2.75, 3.05) is 32.7 Å². The fourth-order valence-electron chi connectivity index (χ4n) is 3.26. The summed E-state index contributed by atoms with van der Waals surface area (Å²) >= 11 is 0. The number of aromatic nitrogens is 1. The fraction of sp³-hybridized carbons (Fsp3) is 0.381. The van der Waals surface area contributed by atoms with Crippen molar-refractivity contribution >= 4 is 17.7 Å². The van der Waals surface area contributed by atoms with Crippen molar-refractivity contribution in [3.05, 3.63) is 59.9 Å². The van der Waals surface area contributed by atoms with Gasteiger partial charge >= 0.3 is 0 Å². The molecule has 3 amide bonds. The molecule has 0 unspecified atom stereocenters. The molecule has 1 fully saturated rings. The van der Waals surface area contributed by atoms with Gasteiger partial charge in [0.2, 0.25) is 5.91 Å². The van der Waals surface area contributed by atoms with E-state index in [4.69, 9.17) is 0 Å². The van der Waals surface area contributed by atoms with Crippen LogP contribution in [0, 0.1) is 0 Å². The first-order valence-electron chi connectivity index (χ1n) is 9.65. The van der Waals surface area contributed by atoms with E-state index in [2.05, 4.69) is 5.32 Å². The Morgan fingerprint density at radius 3 is 2.18 bits per heavy atom. The Kier molecular flexibility index (Phi) is 6.47. The topological polar surface area (TPSA) is 74.7 Å². The van der Waals surface area contributed by atoms with E-state index in [1.807, 2.05) is 25.1 Å². The molecular formula is C21H26N4O3. The van der Waals surface area contributed by atoms with Gasteiger partial charge in [-0.15, -0.1) is 0 Å². The predicted octanol–water partition coefficient (Wildman–Crippen LogP) is 1.61. The van der Waals surface area contributed by atoms with E-state index in [9.17, 15) is 14.4 Å². The molecule has 1 aromatic carbocycles. The number of nitrogens with zero attached hydrogens (tertiary/aromatic N) is 3. The second-order valence-corrected chi connectivity index (χ2v) is 6.82. The lowest BCUT2D eigenvalue weighted by atomic mass is 10.2. The highest BCUT2D eigenvalue weighted by Crippen LogP contribution is 2.13. The molecule has 1 aromatic heterocycles. The largest absolute Gasteiger partial charge is 0.355 e. The molecule has 2 heterocycles. The zero-order chi connectivity index (χ0) is 19.9. The standard InChI is InChI=1S/C21H26N4O3/c1-2-10-22-19(26)16-25-11-6-9-18(25)21(28)24-14-12-23(13-15-24)20(27)17-7-4-3-5-8-17/h3-9,11H,2,10,12-16H2,1H3,(H,22,26). The Hall–Kier alpha value is -3.09. The van der Waals surface area contributed by atoms with Crippen molar-refractivity contribution in [1.82, 2.24) is 19.7 Å². The first-order valence-corrected chi connectivity index (χ1v) is 9.65. The minimum atomic E-state index is -0.111. The third kappa shape index (κ3) is 4.60. The van der Waals surface area contributed by atoms with Crippen molar-refractivity contribution in [3.8, 4) is 0 Å². The minimum Gasteiger partial charge on any atom is -0.355 e. The number of hydrogen-bond donors (Lipinski definition) is 1. The summed E-state index contributed by atoms with van der Waals surface area (Å²) in [5.74, 6) is -0.228. The van der Waals surface area contributed by atoms with Gasteiger partial charge in [0.15, 0.2) is 0 Å². The highest BCUT2D eigenvalue weighted by molar-refractivity contribution is 5.95. The molecule has 28 heavy (non-hydrogen) atoms. The molecule has 0 atom stereocenters. The Balaban J connectivity index is 1.58. The lowest BCUT2D eigenvalue weighted by Crippen LogP contribution is -2.51. The summed E-state index contributed by atoms with van der Waals surface area (Å²) < 4.78 is 1.68. The molecule has 1 saturated heterocycles. The van der Waals surface area contributed by atoms with E-state index in [0.29, 0.717) is 44.0 Å². The highest BCUT2D eigenvalue weighted by atomic mass is 16.2. The molecule has 3 rings (SSSR count). The average Bonchev–Trinajstić information content (AvgIpc) is 3.20. The van der Waals surface area contributed by atoms with E-state index in [0.717, 1.165) is 6.42 Å². The normalized spacial score (nSPS) is 14.0. The quantitative estimate of drug-likeness (QED) is 0.825. The van der Waals surface area contributed by atoms with Gasteiger partial charge in [0, 0.05) is 44.5 Å². The molecule has 1 N–H and O–H groups in total. The lowest BCUT2D eigenvalue weighted by molar-refractivity contribution is -0.121. The monoisotopic (exact) mass is 382 g/mol. The smallest absolute Gasteiger partial charge is 0.270 e. The minimum absolute atomic E-state index is 0.0105. The molecule has 2 aromatic rings. The van der Waals surface area contributed by atoms with E-state index in [1.54, 1.807) is 44.8 Å². The van der Waals surface area contributed by atoms with Crippen LogP contribution >= 0.6 is 0 Å². The van der Waals surface area contributed by atoms with Gasteiger partial charge in [0.1, 0.15) is 12.2 Å². The van der Waals surface area contributed by atoms with Crippen LogP contribution in [0.4, 0.5) is 0 Å². The summed E-state index contributed by atoms with van der Waals surface area (Å²) in [7, 11) is 0. The Bertz CT molecular complexity index is 823. The zero-order valence-electron chi connectivity index (χ0n) is 16.1. The summed E-state index contributed by atoms with van der Waals surface area (Å²) in [5.41, 5.74) is 1.16. The number of carbonyl (C=O) groups excluding carboxylic acids is 3. The van der Waals surface area contributed by atoms with Crippen molar-refractivity contribution in [1.29, 1.82) is 0 Å². The molecule has 0 aliphatic carbocycles. The predicted molar refractivity (Wildman–Crippen MR) is 106 cm³/mol. The molecule has 0 saturated carbocycles. The van der Waals surface area contributed by atoms with Crippen LogP contribution in [-0.2, 0) is 11.3 Å². The third-order valence-electron chi connectivity index (χ3n) is 4.81. The Morgan fingerprint density at radius 2 is 1.54 bits per heavy atom. The van der Waals surface area contributed by atoms with Crippen LogP contribution in [0.3, 0.4) is 0 Å². The molecular weight excluding hydrogens is 356 g/mol. The van der Waals surface area contributed by atoms with E-state index >= 15 is 0 Å². The van der Waals surface area contributed by atoms with Gasteiger partial charge in [-0.2, -0.15) is 0 Å². The van der Waals surface area contributed by atoms with Gasteiger partial charge < -0.3 is 19.7 Å². The van der Waals surface area contributed by atoms with Crippen LogP contribution in [0.5, 0.6) is 0 Å². The van der Waals surface area contributed by atoms with Crippen LogP contribution < -0.4 is 5.32 Å². The van der Waals surface area contributed by atoms with Gasteiger partial charge in [-0.25, -0.2) is 0 Å². The highest BCUT2D eigenvalue weighted by Gasteiger charge is 2.26. The van der Waals surface area contributed by atoms with Crippen molar-refractivity contribution in [3.63, 3.8) is 0 Å². The molecule has 0 bridgehead atoms. The average molecular weight is 382 g/mol. The van der Waals surface area contributed by atoms with Crippen LogP contribution in [0.25, 0.3) is 0 Å². The number of piperazine rings is 1. The molecule has 148 valence electrons. The second-order valence-electron chi connectivity index (χ2n) is 6.82. The van der Waals surface area contributed by atoms with E-state index in [-0.39, 0.29) is 24.3 Å². The maximum absolute atomic E-state index is 12.9. The molecule has 1 aliphatic rings. The van der Waals surface area contributed by atoms with Gasteiger partial charge in [-0.05, 0) is 30.7 Å². The molecule has 7 nitrogen and oxygen atoms in total. The molecule has 7 heteroatoms. The maximum Gasteiger partial charge on any atom is 0.270 e. The third-order valence-corrected chi connectivity index (χ3v) is 4.81. The number of rotatable bonds is 6. The van der Waals surface area contributed by atoms with E-state index < -0.39 is 0 Å². The molecule has 0 spiro atoms. The van der Waals surface area contributed by atoms with Gasteiger partial charge in [0.25, 0.3) is 11.8 Å². The second kappa shape index (κ2) is 9.21. The summed E-state index contributed by atoms with van der Waals surface area (Å²) in [6.45, 7) is 4.69. The van der Waals surface area contributed by atoms with E-state index in [1.165, 1.54) is 0 Å². The van der Waals surface area contributed by atoms with Crippen LogP contribution in [-0.4, -0.2) is 64.8 Å². The molecule has 1 aliphatic heterocycles. The van der Waals surface area contributed by atoms with Crippen LogP contribution in [0.1, 0.15) is 34.2 Å². The van der Waals surface area contributed by atoms with Gasteiger partial charge in [0.05, 0.1) is 0 Å². The zero-order valence-corrected chi connectivity index (χ0v) is 16.1. The maximum atomic E-state index is 12.9. The molecule has 0 radical (unpaired) electrons. The summed E-state index contributed by atoms with van der Waals surface area (Å²) in [5, 5.41) is 2.82. The first-order chi connectivity index (χ1) is 13.6. The van der Waals surface area contributed by atoms with Gasteiger partial charge in [-0.1, -0.05) is 25.1 Å². The Labute approximate surface area is 164 Å².